The Hall–Kier alpha value is -3.68. The summed E-state index contributed by atoms with van der Waals surface area (Å²) < 4.78 is 39.4. The second kappa shape index (κ2) is 8.14. The molecule has 0 atom stereocenters. The highest BCUT2D eigenvalue weighted by molar-refractivity contribution is 6.04. The van der Waals surface area contributed by atoms with Crippen molar-refractivity contribution in [3.63, 3.8) is 0 Å². The summed E-state index contributed by atoms with van der Waals surface area (Å²) in [6.07, 6.45) is -3.20. The van der Waals surface area contributed by atoms with E-state index < -0.39 is 17.6 Å². The fraction of sp³-hybridized carbons (Fsp3) is 0.0952. The largest absolute Gasteiger partial charge is 0.418 e. The van der Waals surface area contributed by atoms with E-state index in [0.29, 0.717) is 11.3 Å². The summed E-state index contributed by atoms with van der Waals surface area (Å²) in [7, 11) is 0. The van der Waals surface area contributed by atoms with Gasteiger partial charge in [0.05, 0.1) is 11.3 Å². The van der Waals surface area contributed by atoms with E-state index in [9.17, 15) is 22.8 Å². The van der Waals surface area contributed by atoms with E-state index in [4.69, 9.17) is 0 Å². The summed E-state index contributed by atoms with van der Waals surface area (Å²) in [6, 6.07) is 14.3. The van der Waals surface area contributed by atoms with Crippen molar-refractivity contribution >= 4 is 28.8 Å². The first-order valence-electron chi connectivity index (χ1n) is 8.56. The van der Waals surface area contributed by atoms with Crippen LogP contribution in [0, 0.1) is 0 Å². The van der Waals surface area contributed by atoms with Gasteiger partial charge in [0.25, 0.3) is 5.91 Å². The number of alkyl halides is 3. The molecule has 8 heteroatoms. The van der Waals surface area contributed by atoms with Gasteiger partial charge in [0.2, 0.25) is 0 Å². The molecule has 0 radical (unpaired) electrons. The molecule has 1 heterocycles. The number of aromatic nitrogens is 1. The second-order valence-electron chi connectivity index (χ2n) is 6.19. The van der Waals surface area contributed by atoms with E-state index in [1.165, 1.54) is 49.5 Å². The van der Waals surface area contributed by atoms with Crippen LogP contribution >= 0.6 is 0 Å². The lowest BCUT2D eigenvalue weighted by Gasteiger charge is -2.14. The lowest BCUT2D eigenvalue weighted by molar-refractivity contribution is -0.136. The molecule has 29 heavy (non-hydrogen) atoms. The third-order valence-corrected chi connectivity index (χ3v) is 4.03. The zero-order chi connectivity index (χ0) is 21.0. The molecule has 0 unspecified atom stereocenters. The molecule has 2 aromatic carbocycles. The molecule has 0 aliphatic carbocycles. The third kappa shape index (κ3) is 4.98. The number of amides is 1. The first-order chi connectivity index (χ1) is 13.7. The topological polar surface area (TPSA) is 71.1 Å². The standard InChI is InChI=1S/C21H16F3N3O2/c1-13(28)14-5-4-6-15(11-14)27-20(29)19-12-16(9-10-25-19)26-18-8-3-2-7-17(18)21(22,23)24/h2-12H,1H3,(H,25,26)(H,27,29). The van der Waals surface area contributed by atoms with Crippen LogP contribution in [0.3, 0.4) is 0 Å². The van der Waals surface area contributed by atoms with Crippen molar-refractivity contribution in [2.24, 2.45) is 0 Å². The van der Waals surface area contributed by atoms with Crippen molar-refractivity contribution < 1.29 is 22.8 Å². The number of nitrogens with one attached hydrogen (secondary N) is 2. The van der Waals surface area contributed by atoms with Crippen molar-refractivity contribution in [2.75, 3.05) is 10.6 Å². The maximum atomic E-state index is 13.1. The number of anilines is 3. The van der Waals surface area contributed by atoms with Gasteiger partial charge >= 0.3 is 6.18 Å². The van der Waals surface area contributed by atoms with Gasteiger partial charge in [-0.15, -0.1) is 0 Å². The number of benzene rings is 2. The van der Waals surface area contributed by atoms with Crippen molar-refractivity contribution in [1.82, 2.24) is 4.98 Å². The van der Waals surface area contributed by atoms with E-state index in [-0.39, 0.29) is 22.9 Å². The highest BCUT2D eigenvalue weighted by Gasteiger charge is 2.33. The lowest BCUT2D eigenvalue weighted by atomic mass is 10.1. The molecular weight excluding hydrogens is 383 g/mol. The predicted molar refractivity (Wildman–Crippen MR) is 103 cm³/mol. The lowest BCUT2D eigenvalue weighted by Crippen LogP contribution is -2.14. The molecule has 0 spiro atoms. The monoisotopic (exact) mass is 399 g/mol. The van der Waals surface area contributed by atoms with Gasteiger partial charge in [0.1, 0.15) is 5.69 Å². The van der Waals surface area contributed by atoms with Crippen LogP contribution in [0.5, 0.6) is 0 Å². The van der Waals surface area contributed by atoms with Crippen LogP contribution < -0.4 is 10.6 Å². The Bertz CT molecular complexity index is 1060. The molecule has 0 aliphatic heterocycles. The van der Waals surface area contributed by atoms with E-state index in [1.807, 2.05) is 0 Å². The van der Waals surface area contributed by atoms with Crippen molar-refractivity contribution in [1.29, 1.82) is 0 Å². The van der Waals surface area contributed by atoms with Crippen LogP contribution in [0.25, 0.3) is 0 Å². The molecule has 1 aromatic heterocycles. The summed E-state index contributed by atoms with van der Waals surface area (Å²) in [5.41, 5.74) is 0.183. The van der Waals surface area contributed by atoms with Gasteiger partial charge in [0.15, 0.2) is 5.78 Å². The van der Waals surface area contributed by atoms with Crippen LogP contribution in [-0.4, -0.2) is 16.7 Å². The Labute approximate surface area is 164 Å². The van der Waals surface area contributed by atoms with Gasteiger partial charge in [-0.2, -0.15) is 13.2 Å². The number of rotatable bonds is 5. The average molecular weight is 399 g/mol. The Balaban J connectivity index is 1.81. The molecule has 0 fully saturated rings. The zero-order valence-corrected chi connectivity index (χ0v) is 15.2. The van der Waals surface area contributed by atoms with Gasteiger partial charge in [-0.25, -0.2) is 0 Å². The van der Waals surface area contributed by atoms with Crippen LogP contribution in [0.1, 0.15) is 33.3 Å². The summed E-state index contributed by atoms with van der Waals surface area (Å²) in [6.45, 7) is 1.41. The number of carbonyl (C=O) groups excluding carboxylic acids is 2. The van der Waals surface area contributed by atoms with Gasteiger partial charge in [-0.3, -0.25) is 14.6 Å². The molecule has 148 valence electrons. The number of ketones is 1. The number of hydrogen-bond donors (Lipinski definition) is 2. The van der Waals surface area contributed by atoms with Gasteiger partial charge in [-0.05, 0) is 43.3 Å². The van der Waals surface area contributed by atoms with Crippen LogP contribution in [0.4, 0.5) is 30.2 Å². The number of halogens is 3. The Morgan fingerprint density at radius 3 is 2.41 bits per heavy atom. The van der Waals surface area contributed by atoms with Crippen LogP contribution in [-0.2, 0) is 6.18 Å². The smallest absolute Gasteiger partial charge is 0.355 e. The molecule has 0 saturated heterocycles. The number of para-hydroxylation sites is 1. The van der Waals surface area contributed by atoms with E-state index in [0.717, 1.165) is 6.07 Å². The molecule has 5 nitrogen and oxygen atoms in total. The Morgan fingerprint density at radius 2 is 1.69 bits per heavy atom. The number of carbonyl (C=O) groups is 2. The number of pyridine rings is 1. The minimum absolute atomic E-state index is 0.00715. The quantitative estimate of drug-likeness (QED) is 0.571. The molecule has 2 N–H and O–H groups in total. The zero-order valence-electron chi connectivity index (χ0n) is 15.2. The number of hydrogen-bond acceptors (Lipinski definition) is 4. The number of Topliss-reactive ketones (excluding diaryl/α,β-unsaturated/α-hetero) is 1. The molecule has 1 amide bonds. The minimum atomic E-state index is -4.52. The number of nitrogens with zero attached hydrogens (tertiary/aromatic N) is 1. The SMILES string of the molecule is CC(=O)c1cccc(NC(=O)c2cc(Nc3ccccc3C(F)(F)F)ccn2)c1. The molecular formula is C21H16F3N3O2. The molecule has 0 aliphatic rings. The molecule has 0 saturated carbocycles. The molecule has 3 rings (SSSR count). The van der Waals surface area contributed by atoms with Crippen molar-refractivity contribution in [3.8, 4) is 0 Å². The highest BCUT2D eigenvalue weighted by Crippen LogP contribution is 2.35. The average Bonchev–Trinajstić information content (AvgIpc) is 2.68. The summed E-state index contributed by atoms with van der Waals surface area (Å²) in [5.74, 6) is -0.702. The van der Waals surface area contributed by atoms with E-state index >= 15 is 0 Å². The first kappa shape index (κ1) is 20.1. The van der Waals surface area contributed by atoms with E-state index in [2.05, 4.69) is 15.6 Å². The van der Waals surface area contributed by atoms with Crippen molar-refractivity contribution in [3.05, 3.63) is 83.7 Å². The summed E-state index contributed by atoms with van der Waals surface area (Å²) in [4.78, 5) is 27.9. The van der Waals surface area contributed by atoms with Gasteiger partial charge in [0, 0.05) is 23.1 Å². The van der Waals surface area contributed by atoms with Gasteiger partial charge < -0.3 is 10.6 Å². The van der Waals surface area contributed by atoms with Gasteiger partial charge in [-0.1, -0.05) is 24.3 Å². The second-order valence-corrected chi connectivity index (χ2v) is 6.19. The fourth-order valence-corrected chi connectivity index (χ4v) is 2.64. The van der Waals surface area contributed by atoms with Crippen LogP contribution in [0.15, 0.2) is 66.9 Å². The highest BCUT2D eigenvalue weighted by atomic mass is 19.4. The molecule has 0 bridgehead atoms. The third-order valence-electron chi connectivity index (χ3n) is 4.03. The van der Waals surface area contributed by atoms with Crippen molar-refractivity contribution in [2.45, 2.75) is 13.1 Å². The maximum absolute atomic E-state index is 13.1. The van der Waals surface area contributed by atoms with E-state index in [1.54, 1.807) is 18.2 Å². The predicted octanol–water partition coefficient (Wildman–Crippen LogP) is 5.30. The Kier molecular flexibility index (Phi) is 5.63. The maximum Gasteiger partial charge on any atom is 0.418 e. The Morgan fingerprint density at radius 1 is 0.931 bits per heavy atom. The molecule has 3 aromatic rings. The normalized spacial score (nSPS) is 11.0. The fourth-order valence-electron chi connectivity index (χ4n) is 2.64. The first-order valence-corrected chi connectivity index (χ1v) is 8.56. The summed E-state index contributed by atoms with van der Waals surface area (Å²) in [5, 5.41) is 5.30. The minimum Gasteiger partial charge on any atom is -0.355 e. The van der Waals surface area contributed by atoms with Crippen LogP contribution in [0.2, 0.25) is 0 Å². The summed E-state index contributed by atoms with van der Waals surface area (Å²) >= 11 is 0.